The molecule has 1 atom stereocenters. The van der Waals surface area contributed by atoms with Crippen LogP contribution in [0.1, 0.15) is 29.6 Å². The van der Waals surface area contributed by atoms with Crippen LogP contribution >= 0.6 is 0 Å². The second-order valence-electron chi connectivity index (χ2n) is 6.29. The molecule has 0 amide bonds. The third kappa shape index (κ3) is 2.97. The van der Waals surface area contributed by atoms with Gasteiger partial charge in [0.15, 0.2) is 5.82 Å². The van der Waals surface area contributed by atoms with E-state index in [9.17, 15) is 4.39 Å². The fourth-order valence-electron chi connectivity index (χ4n) is 3.13. The van der Waals surface area contributed by atoms with E-state index >= 15 is 0 Å². The molecule has 3 heterocycles. The highest BCUT2D eigenvalue weighted by Crippen LogP contribution is 2.30. The zero-order chi connectivity index (χ0) is 17.4. The normalized spacial score (nSPS) is 17.2. The molecule has 0 spiro atoms. The third-order valence-corrected chi connectivity index (χ3v) is 4.45. The van der Waals surface area contributed by atoms with E-state index in [1.54, 1.807) is 18.3 Å². The zero-order valence-electron chi connectivity index (χ0n) is 14.1. The molecule has 25 heavy (non-hydrogen) atoms. The van der Waals surface area contributed by atoms with Crippen molar-refractivity contribution in [3.05, 3.63) is 53.6 Å². The number of hydrogen-bond donors (Lipinski definition) is 0. The molecule has 6 nitrogen and oxygen atoms in total. The minimum absolute atomic E-state index is 0.169. The highest BCUT2D eigenvalue weighted by Gasteiger charge is 2.30. The number of anilines is 1. The summed E-state index contributed by atoms with van der Waals surface area (Å²) in [5, 5.41) is 3.86. The molecule has 0 saturated carbocycles. The molecule has 0 radical (unpaired) electrons. The predicted molar refractivity (Wildman–Crippen MR) is 90.8 cm³/mol. The summed E-state index contributed by atoms with van der Waals surface area (Å²) in [6.07, 6.45) is 2.64. The van der Waals surface area contributed by atoms with Crippen molar-refractivity contribution in [3.63, 3.8) is 0 Å². The van der Waals surface area contributed by atoms with Crippen molar-refractivity contribution in [1.29, 1.82) is 0 Å². The molecule has 7 heteroatoms. The van der Waals surface area contributed by atoms with E-state index < -0.39 is 0 Å². The summed E-state index contributed by atoms with van der Waals surface area (Å²) in [6.45, 7) is 5.20. The highest BCUT2D eigenvalue weighted by molar-refractivity contribution is 5.64. The van der Waals surface area contributed by atoms with Crippen molar-refractivity contribution in [3.8, 4) is 11.3 Å². The van der Waals surface area contributed by atoms with Gasteiger partial charge in [-0.25, -0.2) is 14.4 Å². The Morgan fingerprint density at radius 2 is 2.04 bits per heavy atom. The van der Waals surface area contributed by atoms with Gasteiger partial charge in [0.05, 0.1) is 11.6 Å². The predicted octanol–water partition coefficient (Wildman–Crippen LogP) is 3.28. The summed E-state index contributed by atoms with van der Waals surface area (Å²) >= 11 is 0. The highest BCUT2D eigenvalue weighted by atomic mass is 19.1. The lowest BCUT2D eigenvalue weighted by Gasteiger charge is -2.17. The summed E-state index contributed by atoms with van der Waals surface area (Å²) in [6, 6.07) is 6.67. The maximum atomic E-state index is 14.1. The van der Waals surface area contributed by atoms with Crippen molar-refractivity contribution in [2.75, 3.05) is 18.0 Å². The maximum absolute atomic E-state index is 14.1. The third-order valence-electron chi connectivity index (χ3n) is 4.45. The number of rotatable bonds is 3. The second-order valence-corrected chi connectivity index (χ2v) is 6.29. The lowest BCUT2D eigenvalue weighted by molar-refractivity contribution is 0.356. The lowest BCUT2D eigenvalue weighted by Crippen LogP contribution is -2.22. The van der Waals surface area contributed by atoms with Gasteiger partial charge in [0, 0.05) is 24.8 Å². The Bertz CT molecular complexity index is 910. The Kier molecular flexibility index (Phi) is 3.91. The van der Waals surface area contributed by atoms with Gasteiger partial charge in [-0.15, -0.1) is 0 Å². The number of aryl methyl sites for hydroxylation is 2. The number of halogens is 1. The quantitative estimate of drug-likeness (QED) is 0.729. The van der Waals surface area contributed by atoms with E-state index in [0.717, 1.165) is 18.5 Å². The smallest absolute Gasteiger partial charge is 0.231 e. The average Bonchev–Trinajstić information content (AvgIpc) is 3.25. The largest absolute Gasteiger partial charge is 0.340 e. The maximum Gasteiger partial charge on any atom is 0.231 e. The molecule has 1 unspecified atom stereocenters. The Hall–Kier alpha value is -2.83. The molecule has 4 rings (SSSR count). The van der Waals surface area contributed by atoms with Gasteiger partial charge >= 0.3 is 0 Å². The summed E-state index contributed by atoms with van der Waals surface area (Å²) < 4.78 is 19.4. The van der Waals surface area contributed by atoms with Crippen molar-refractivity contribution >= 4 is 5.95 Å². The molecule has 2 aromatic heterocycles. The van der Waals surface area contributed by atoms with Crippen molar-refractivity contribution < 1.29 is 8.91 Å². The monoisotopic (exact) mass is 339 g/mol. The fraction of sp³-hybridized carbons (Fsp3) is 0.333. The number of benzene rings is 1. The van der Waals surface area contributed by atoms with Crippen LogP contribution in [0.15, 0.2) is 35.0 Å². The standard InChI is InChI=1S/C18H18FN5O/c1-11-9-20-18(22-16(11)14-5-3-4-6-15(14)19)24-8-7-13(10-24)17-21-12(2)23-25-17/h3-6,9,13H,7-8,10H2,1-2H3. The van der Waals surface area contributed by atoms with Gasteiger partial charge in [-0.05, 0) is 38.0 Å². The SMILES string of the molecule is Cc1noc(C2CCN(c3ncc(C)c(-c4ccccc4F)n3)C2)n1. The minimum Gasteiger partial charge on any atom is -0.340 e. The Morgan fingerprint density at radius 3 is 2.80 bits per heavy atom. The van der Waals surface area contributed by atoms with Crippen molar-refractivity contribution in [1.82, 2.24) is 20.1 Å². The molecular formula is C18H18FN5O. The minimum atomic E-state index is -0.282. The molecule has 1 aliphatic rings. The first-order valence-corrected chi connectivity index (χ1v) is 8.25. The molecular weight excluding hydrogens is 321 g/mol. The van der Waals surface area contributed by atoms with Gasteiger partial charge in [-0.2, -0.15) is 4.98 Å². The Labute approximate surface area is 144 Å². The number of hydrogen-bond acceptors (Lipinski definition) is 6. The Balaban J connectivity index is 1.62. The Morgan fingerprint density at radius 1 is 1.20 bits per heavy atom. The van der Waals surface area contributed by atoms with Gasteiger partial charge in [0.25, 0.3) is 0 Å². The van der Waals surface area contributed by atoms with Gasteiger partial charge in [-0.1, -0.05) is 17.3 Å². The second kappa shape index (κ2) is 6.23. The molecule has 0 bridgehead atoms. The summed E-state index contributed by atoms with van der Waals surface area (Å²) in [7, 11) is 0. The van der Waals surface area contributed by atoms with Crippen LogP contribution in [0.2, 0.25) is 0 Å². The first kappa shape index (κ1) is 15.7. The van der Waals surface area contributed by atoms with Gasteiger partial charge in [0.2, 0.25) is 11.8 Å². The number of nitrogens with zero attached hydrogens (tertiary/aromatic N) is 5. The van der Waals surface area contributed by atoms with Crippen LogP contribution in [-0.4, -0.2) is 33.2 Å². The summed E-state index contributed by atoms with van der Waals surface area (Å²) in [5.74, 6) is 1.78. The first-order chi connectivity index (χ1) is 12.1. The van der Waals surface area contributed by atoms with Gasteiger partial charge in [-0.3, -0.25) is 0 Å². The van der Waals surface area contributed by atoms with Crippen LogP contribution in [0.25, 0.3) is 11.3 Å². The van der Waals surface area contributed by atoms with E-state index in [1.165, 1.54) is 6.07 Å². The van der Waals surface area contributed by atoms with E-state index in [2.05, 4.69) is 25.0 Å². The molecule has 1 saturated heterocycles. The van der Waals surface area contributed by atoms with E-state index in [-0.39, 0.29) is 11.7 Å². The molecule has 3 aromatic rings. The fourth-order valence-corrected chi connectivity index (χ4v) is 3.13. The van der Waals surface area contributed by atoms with Crippen LogP contribution in [0, 0.1) is 19.7 Å². The van der Waals surface area contributed by atoms with Gasteiger partial charge < -0.3 is 9.42 Å². The molecule has 1 fully saturated rings. The molecule has 1 aromatic carbocycles. The van der Waals surface area contributed by atoms with E-state index in [1.807, 2.05) is 19.9 Å². The van der Waals surface area contributed by atoms with Crippen LogP contribution in [0.3, 0.4) is 0 Å². The summed E-state index contributed by atoms with van der Waals surface area (Å²) in [5.41, 5.74) is 1.96. The van der Waals surface area contributed by atoms with Crippen LogP contribution < -0.4 is 4.90 Å². The summed E-state index contributed by atoms with van der Waals surface area (Å²) in [4.78, 5) is 15.5. The van der Waals surface area contributed by atoms with Crippen molar-refractivity contribution in [2.45, 2.75) is 26.2 Å². The van der Waals surface area contributed by atoms with Crippen LogP contribution in [-0.2, 0) is 0 Å². The molecule has 1 aliphatic heterocycles. The van der Waals surface area contributed by atoms with Crippen LogP contribution in [0.5, 0.6) is 0 Å². The van der Waals surface area contributed by atoms with Gasteiger partial charge in [0.1, 0.15) is 5.82 Å². The topological polar surface area (TPSA) is 67.9 Å². The van der Waals surface area contributed by atoms with E-state index in [0.29, 0.717) is 35.5 Å². The molecule has 0 aliphatic carbocycles. The van der Waals surface area contributed by atoms with E-state index in [4.69, 9.17) is 4.52 Å². The average molecular weight is 339 g/mol. The lowest BCUT2D eigenvalue weighted by atomic mass is 10.1. The van der Waals surface area contributed by atoms with Crippen LogP contribution in [0.4, 0.5) is 10.3 Å². The zero-order valence-corrected chi connectivity index (χ0v) is 14.1. The van der Waals surface area contributed by atoms with Crippen molar-refractivity contribution in [2.24, 2.45) is 0 Å². The first-order valence-electron chi connectivity index (χ1n) is 8.25. The number of aromatic nitrogens is 4. The molecule has 128 valence electrons. The molecule has 0 N–H and O–H groups in total.